The number of imide groups is 1. The number of carbonyl (C=O) groups excluding carboxylic acids is 4. The van der Waals surface area contributed by atoms with Crippen LogP contribution in [0.4, 0.5) is 25.2 Å². The summed E-state index contributed by atoms with van der Waals surface area (Å²) in [5.74, 6) is -0.882. The van der Waals surface area contributed by atoms with Gasteiger partial charge in [-0.05, 0) is 74.4 Å². The molecule has 4 saturated heterocycles. The van der Waals surface area contributed by atoms with Gasteiger partial charge in [-0.15, -0.1) is 0 Å². The highest BCUT2D eigenvalue weighted by molar-refractivity contribution is 6.09. The van der Waals surface area contributed by atoms with E-state index in [1.54, 1.807) is 42.3 Å². The van der Waals surface area contributed by atoms with E-state index in [9.17, 15) is 33.2 Å². The number of likely N-dealkylation sites (tertiary alicyclic amines) is 1. The lowest BCUT2D eigenvalue weighted by Crippen LogP contribution is -2.66. The van der Waals surface area contributed by atoms with E-state index in [0.29, 0.717) is 110 Å². The molecule has 4 aromatic rings. The number of benzene rings is 2. The molecule has 0 bridgehead atoms. The summed E-state index contributed by atoms with van der Waals surface area (Å²) in [6, 6.07) is 13.7. The monoisotopic (exact) mass is 927 g/mol. The predicted octanol–water partition coefficient (Wildman–Crippen LogP) is 3.90. The summed E-state index contributed by atoms with van der Waals surface area (Å²) in [6.07, 6.45) is 7.36. The molecule has 0 saturated carbocycles. The number of dihydropyridines is 1. The lowest BCUT2D eigenvalue weighted by atomic mass is 9.85. The molecule has 68 heavy (non-hydrogen) atoms. The molecule has 4 fully saturated rings. The van der Waals surface area contributed by atoms with Gasteiger partial charge in [0.25, 0.3) is 11.8 Å². The highest BCUT2D eigenvalue weighted by atomic mass is 19.1. The molecule has 7 heterocycles. The Kier molecular flexibility index (Phi) is 12.8. The molecule has 5 aliphatic rings. The number of halogens is 2. The van der Waals surface area contributed by atoms with Crippen LogP contribution >= 0.6 is 0 Å². The smallest absolute Gasteiger partial charge is 0.329 e. The van der Waals surface area contributed by atoms with Crippen LogP contribution < -0.4 is 25.8 Å². The van der Waals surface area contributed by atoms with Crippen LogP contribution in [0.5, 0.6) is 0 Å². The molecule has 2 aromatic carbocycles. The van der Waals surface area contributed by atoms with Crippen molar-refractivity contribution in [2.24, 2.45) is 7.05 Å². The number of hydrogen-bond donors (Lipinski definition) is 4. The number of aromatic nitrogens is 3. The fraction of sp³-hybridized carbons (Fsp3) is 0.375. The van der Waals surface area contributed by atoms with E-state index in [1.807, 2.05) is 30.0 Å². The summed E-state index contributed by atoms with van der Waals surface area (Å²) in [6.45, 7) is 8.14. The van der Waals surface area contributed by atoms with Gasteiger partial charge in [-0.2, -0.15) is 10.4 Å². The van der Waals surface area contributed by atoms with Crippen LogP contribution in [0.25, 0.3) is 16.5 Å². The molecule has 4 N–H and O–H groups in total. The largest absolute Gasteiger partial charge is 0.492 e. The number of amides is 5. The Morgan fingerprint density at radius 3 is 2.50 bits per heavy atom. The maximum Gasteiger partial charge on any atom is 0.329 e. The molecule has 2 aromatic heterocycles. The number of carbonyl (C=O) groups is 4. The van der Waals surface area contributed by atoms with E-state index in [0.717, 1.165) is 43.1 Å². The van der Waals surface area contributed by atoms with Crippen molar-refractivity contribution < 1.29 is 32.7 Å². The van der Waals surface area contributed by atoms with Crippen molar-refractivity contribution in [3.63, 3.8) is 0 Å². The second kappa shape index (κ2) is 19.0. The van der Waals surface area contributed by atoms with Gasteiger partial charge >= 0.3 is 6.03 Å². The Bertz CT molecular complexity index is 2810. The van der Waals surface area contributed by atoms with Gasteiger partial charge in [-0.25, -0.2) is 18.6 Å². The summed E-state index contributed by atoms with van der Waals surface area (Å²) in [5.41, 5.74) is 2.11. The summed E-state index contributed by atoms with van der Waals surface area (Å²) in [4.78, 5) is 66.5. The topological polar surface area (TPSA) is 208 Å². The van der Waals surface area contributed by atoms with E-state index in [1.165, 1.54) is 4.90 Å². The third-order valence-electron chi connectivity index (χ3n) is 13.4. The van der Waals surface area contributed by atoms with Crippen molar-refractivity contribution in [1.82, 2.24) is 45.4 Å². The van der Waals surface area contributed by atoms with Crippen molar-refractivity contribution in [1.29, 1.82) is 10.7 Å². The normalized spacial score (nSPS) is 19.8. The number of pyridine rings is 1. The second-order valence-corrected chi connectivity index (χ2v) is 17.6. The third kappa shape index (κ3) is 9.14. The summed E-state index contributed by atoms with van der Waals surface area (Å²) in [7, 11) is 1.75. The first-order valence-electron chi connectivity index (χ1n) is 22.6. The number of rotatable bonds is 12. The maximum atomic E-state index is 14.9. The highest BCUT2D eigenvalue weighted by Gasteiger charge is 2.41. The standard InChI is InChI=1S/C48H51F2N13O5/c1-3-68-35-22-37(43(54-26-35)32(23-51)24-52)31-5-9-41(53-25-31)61-14-11-48(12-15-61,56-45(65)38-21-33(49)6-8-39(38)50)29-59-16-18-60(19-17-59)34-27-62(28-34)46(66)30-4-7-36-40(20-30)58(2)57-44(36)63-13-10-42(64)55-47(63)67/h4-9,20-23,25-26,34,51,54H,3,10-19,27-29H2,1-2H3,(H,56,65)(H,55,64,67)/b43-32+,51-23?. The van der Waals surface area contributed by atoms with Crippen LogP contribution in [-0.4, -0.2) is 143 Å². The highest BCUT2D eigenvalue weighted by Crippen LogP contribution is 2.33. The Labute approximate surface area is 391 Å². The van der Waals surface area contributed by atoms with Gasteiger partial charge in [0, 0.05) is 126 Å². The molecule has 0 spiro atoms. The van der Waals surface area contributed by atoms with Crippen molar-refractivity contribution in [3.05, 3.63) is 112 Å². The Morgan fingerprint density at radius 1 is 1.03 bits per heavy atom. The van der Waals surface area contributed by atoms with E-state index in [-0.39, 0.29) is 42.0 Å². The number of nitrogens with one attached hydrogen (secondary N) is 4. The number of anilines is 2. The molecule has 0 atom stereocenters. The number of allylic oxidation sites excluding steroid dienone is 3. The van der Waals surface area contributed by atoms with Crippen molar-refractivity contribution in [3.8, 4) is 6.07 Å². The van der Waals surface area contributed by atoms with Gasteiger partial charge < -0.3 is 30.6 Å². The van der Waals surface area contributed by atoms with Gasteiger partial charge in [-0.3, -0.25) is 39.1 Å². The Balaban J connectivity index is 0.833. The number of urea groups is 1. The average molecular weight is 928 g/mol. The zero-order valence-corrected chi connectivity index (χ0v) is 37.7. The molecule has 5 aliphatic heterocycles. The summed E-state index contributed by atoms with van der Waals surface area (Å²) >= 11 is 0. The molecule has 18 nitrogen and oxygen atoms in total. The number of hydrogen-bond acceptors (Lipinski definition) is 13. The lowest BCUT2D eigenvalue weighted by molar-refractivity contribution is -0.120. The molecule has 352 valence electrons. The minimum absolute atomic E-state index is 0.0947. The van der Waals surface area contributed by atoms with Gasteiger partial charge in [0.2, 0.25) is 5.91 Å². The van der Waals surface area contributed by atoms with E-state index in [2.05, 4.69) is 41.8 Å². The van der Waals surface area contributed by atoms with Crippen LogP contribution in [0.1, 0.15) is 52.5 Å². The summed E-state index contributed by atoms with van der Waals surface area (Å²) < 4.78 is 36.5. The number of piperazine rings is 1. The maximum absolute atomic E-state index is 14.9. The molecule has 0 aliphatic carbocycles. The van der Waals surface area contributed by atoms with Crippen molar-refractivity contribution in [2.75, 3.05) is 81.9 Å². The lowest BCUT2D eigenvalue weighted by Gasteiger charge is -2.50. The van der Waals surface area contributed by atoms with Crippen molar-refractivity contribution >= 4 is 58.1 Å². The Morgan fingerprint density at radius 2 is 1.81 bits per heavy atom. The van der Waals surface area contributed by atoms with Crippen LogP contribution in [0.2, 0.25) is 0 Å². The number of nitriles is 1. The number of piperidine rings is 1. The first kappa shape index (κ1) is 45.6. The second-order valence-electron chi connectivity index (χ2n) is 17.6. The average Bonchev–Trinajstić information content (AvgIpc) is 3.65. The SMILES string of the molecule is CCOC1=CN/C(=C(/C#N)C=N)C(c2ccc(N3CCC(CN4CCN(C5CN(C(=O)c6ccc7c(N8CCC(=O)NC8=O)nn(C)c7c6)C5)CC4)(NC(=O)c4cc(F)ccc4F)CC3)nc2)=C1. The minimum atomic E-state index is -0.801. The van der Waals surface area contributed by atoms with E-state index >= 15 is 0 Å². The van der Waals surface area contributed by atoms with Crippen LogP contribution in [0.3, 0.4) is 0 Å². The molecular formula is C48H51F2N13O5. The number of nitrogens with zero attached hydrogens (tertiary/aromatic N) is 9. The molecule has 9 rings (SSSR count). The number of fused-ring (bicyclic) bond motifs is 1. The zero-order valence-electron chi connectivity index (χ0n) is 37.7. The number of aryl methyl sites for hydroxylation is 1. The third-order valence-corrected chi connectivity index (χ3v) is 13.4. The first-order chi connectivity index (χ1) is 32.8. The van der Waals surface area contributed by atoms with Crippen LogP contribution in [0, 0.1) is 28.4 Å². The van der Waals surface area contributed by atoms with Gasteiger partial charge in [-0.1, -0.05) is 0 Å². The minimum Gasteiger partial charge on any atom is -0.492 e. The Hall–Kier alpha value is -7.50. The van der Waals surface area contributed by atoms with Crippen LogP contribution in [0.15, 0.2) is 84.0 Å². The molecular weight excluding hydrogens is 877 g/mol. The van der Waals surface area contributed by atoms with E-state index < -0.39 is 29.1 Å². The first-order valence-corrected chi connectivity index (χ1v) is 22.6. The fourth-order valence-electron chi connectivity index (χ4n) is 9.62. The van der Waals surface area contributed by atoms with Gasteiger partial charge in [0.05, 0.1) is 34.5 Å². The molecule has 5 amide bonds. The molecule has 0 radical (unpaired) electrons. The predicted molar refractivity (Wildman–Crippen MR) is 248 cm³/mol. The van der Waals surface area contributed by atoms with Crippen LogP contribution in [-0.2, 0) is 16.6 Å². The molecule has 0 unspecified atom stereocenters. The fourth-order valence-corrected chi connectivity index (χ4v) is 9.62. The van der Waals surface area contributed by atoms with Gasteiger partial charge in [0.1, 0.15) is 29.3 Å². The quantitative estimate of drug-likeness (QED) is 0.118. The molecule has 20 heteroatoms. The van der Waals surface area contributed by atoms with Crippen molar-refractivity contribution in [2.45, 2.75) is 37.8 Å². The summed E-state index contributed by atoms with van der Waals surface area (Å²) in [5, 5.41) is 31.3. The number of ether oxygens (including phenoxy) is 1. The van der Waals surface area contributed by atoms with E-state index in [4.69, 9.17) is 15.1 Å². The zero-order chi connectivity index (χ0) is 47.7. The van der Waals surface area contributed by atoms with Gasteiger partial charge in [0.15, 0.2) is 5.82 Å².